The molecule has 0 atom stereocenters. The summed E-state index contributed by atoms with van der Waals surface area (Å²) in [6.45, 7) is 10.3. The van der Waals surface area contributed by atoms with E-state index in [2.05, 4.69) is 21.8 Å². The molecule has 0 N–H and O–H groups in total. The van der Waals surface area contributed by atoms with E-state index in [4.69, 9.17) is 16.0 Å². The van der Waals surface area contributed by atoms with Crippen LogP contribution in [0, 0.1) is 24.1 Å². The van der Waals surface area contributed by atoms with Crippen molar-refractivity contribution in [3.05, 3.63) is 101 Å². The van der Waals surface area contributed by atoms with Gasteiger partial charge in [-0.05, 0) is 86.4 Å². The van der Waals surface area contributed by atoms with E-state index >= 15 is 0 Å². The monoisotopic (exact) mass is 541 g/mol. The Bertz CT molecular complexity index is 1560. The Hall–Kier alpha value is -4.35. The van der Waals surface area contributed by atoms with Crippen molar-refractivity contribution in [2.75, 3.05) is 26.7 Å². The fraction of sp³-hybridized carbons (Fsp3) is 0.281. The molecular formula is C32H29F2N3O3. The van der Waals surface area contributed by atoms with Gasteiger partial charge in [0.25, 0.3) is 0 Å². The Morgan fingerprint density at radius 2 is 1.80 bits per heavy atom. The summed E-state index contributed by atoms with van der Waals surface area (Å²) in [6.07, 6.45) is 3.72. The van der Waals surface area contributed by atoms with Crippen molar-refractivity contribution >= 4 is 22.4 Å². The number of Topliss-reactive ketones (excluding diaryl/α,β-unsaturated/α-hetero) is 1. The molecule has 0 amide bonds. The number of nitrogens with zero attached hydrogens (tertiary/aromatic N) is 3. The van der Waals surface area contributed by atoms with E-state index < -0.39 is 5.82 Å². The SMILES string of the molecule is [C-]#[N+]c1cc2c(Oc3ccc(CC(=O)Cc4ccc(F)cc4)c(F)c3)ccnc2cc1OCC1CCN(C)CC1. The van der Waals surface area contributed by atoms with Crippen LogP contribution in [0.5, 0.6) is 17.2 Å². The van der Waals surface area contributed by atoms with Crippen LogP contribution in [0.4, 0.5) is 14.5 Å². The van der Waals surface area contributed by atoms with Gasteiger partial charge in [0.15, 0.2) is 0 Å². The molecule has 3 aromatic carbocycles. The highest BCUT2D eigenvalue weighted by atomic mass is 19.1. The van der Waals surface area contributed by atoms with Gasteiger partial charge >= 0.3 is 0 Å². The lowest BCUT2D eigenvalue weighted by Gasteiger charge is -2.28. The van der Waals surface area contributed by atoms with Crippen molar-refractivity contribution in [2.45, 2.75) is 25.7 Å². The number of halogens is 2. The zero-order valence-electron chi connectivity index (χ0n) is 22.2. The van der Waals surface area contributed by atoms with Gasteiger partial charge in [0.1, 0.15) is 34.7 Å². The lowest BCUT2D eigenvalue weighted by atomic mass is 9.98. The van der Waals surface area contributed by atoms with E-state index in [1.54, 1.807) is 42.6 Å². The fourth-order valence-corrected chi connectivity index (χ4v) is 4.83. The zero-order chi connectivity index (χ0) is 28.1. The van der Waals surface area contributed by atoms with Crippen molar-refractivity contribution in [3.8, 4) is 17.2 Å². The van der Waals surface area contributed by atoms with Gasteiger partial charge in [-0.15, -0.1) is 0 Å². The number of likely N-dealkylation sites (tertiary alicyclic amines) is 1. The molecule has 1 aliphatic rings. The first kappa shape index (κ1) is 27.2. The number of pyridine rings is 1. The summed E-state index contributed by atoms with van der Waals surface area (Å²) in [5, 5.41) is 0.610. The van der Waals surface area contributed by atoms with Crippen LogP contribution in [0.3, 0.4) is 0 Å². The number of hydrogen-bond acceptors (Lipinski definition) is 5. The number of carbonyl (C=O) groups excluding carboxylic acids is 1. The number of aromatic nitrogens is 1. The molecule has 1 saturated heterocycles. The van der Waals surface area contributed by atoms with Crippen molar-refractivity contribution in [3.63, 3.8) is 0 Å². The van der Waals surface area contributed by atoms with Crippen LogP contribution in [-0.4, -0.2) is 42.4 Å². The first-order valence-corrected chi connectivity index (χ1v) is 13.2. The van der Waals surface area contributed by atoms with Gasteiger partial charge in [0.2, 0.25) is 5.69 Å². The number of hydrogen-bond donors (Lipinski definition) is 0. The standard InChI is InChI=1S/C32H29F2N3O3/c1-35-30-18-27-29(19-32(30)39-20-22-10-13-37(2)14-11-22)36-12-9-31(27)40-26-8-5-23(28(34)17-26)16-25(38)15-21-3-6-24(33)7-4-21/h3-9,12,17-19,22H,10-11,13-16,20H2,2H3. The third kappa shape index (κ3) is 6.61. The molecule has 40 heavy (non-hydrogen) atoms. The van der Waals surface area contributed by atoms with Gasteiger partial charge in [0, 0.05) is 30.5 Å². The molecule has 6 nitrogen and oxygen atoms in total. The van der Waals surface area contributed by atoms with Crippen LogP contribution in [0.25, 0.3) is 15.7 Å². The number of piperidine rings is 1. The zero-order valence-corrected chi connectivity index (χ0v) is 22.2. The summed E-state index contributed by atoms with van der Waals surface area (Å²) in [7, 11) is 2.12. The van der Waals surface area contributed by atoms with Gasteiger partial charge < -0.3 is 14.4 Å². The Balaban J connectivity index is 1.28. The van der Waals surface area contributed by atoms with E-state index in [1.165, 1.54) is 24.3 Å². The van der Waals surface area contributed by atoms with Crippen LogP contribution >= 0.6 is 0 Å². The molecule has 1 aromatic heterocycles. The highest BCUT2D eigenvalue weighted by Gasteiger charge is 2.19. The Labute approximate surface area is 232 Å². The Kier molecular flexibility index (Phi) is 8.32. The van der Waals surface area contributed by atoms with Crippen LogP contribution in [0.1, 0.15) is 24.0 Å². The molecule has 2 heterocycles. The molecule has 0 radical (unpaired) electrons. The first-order chi connectivity index (χ1) is 19.4. The van der Waals surface area contributed by atoms with Gasteiger partial charge in [-0.1, -0.05) is 18.2 Å². The molecule has 0 unspecified atom stereocenters. The minimum atomic E-state index is -0.560. The van der Waals surface area contributed by atoms with E-state index in [1.807, 2.05) is 0 Å². The number of carbonyl (C=O) groups is 1. The molecule has 8 heteroatoms. The van der Waals surface area contributed by atoms with Crippen molar-refractivity contribution in [2.24, 2.45) is 5.92 Å². The predicted molar refractivity (Wildman–Crippen MR) is 149 cm³/mol. The number of benzene rings is 3. The third-order valence-corrected chi connectivity index (χ3v) is 7.17. The molecule has 1 aliphatic heterocycles. The summed E-state index contributed by atoms with van der Waals surface area (Å²) in [5.74, 6) is 0.510. The van der Waals surface area contributed by atoms with Crippen LogP contribution < -0.4 is 9.47 Å². The molecule has 0 aliphatic carbocycles. The molecular weight excluding hydrogens is 512 g/mol. The van der Waals surface area contributed by atoms with Crippen LogP contribution in [0.2, 0.25) is 0 Å². The summed E-state index contributed by atoms with van der Waals surface area (Å²) in [5.41, 5.74) is 1.89. The van der Waals surface area contributed by atoms with Gasteiger partial charge in [0.05, 0.1) is 18.7 Å². The lowest BCUT2D eigenvalue weighted by Crippen LogP contribution is -2.32. The minimum absolute atomic E-state index is 0.0869. The Morgan fingerprint density at radius 1 is 1.02 bits per heavy atom. The van der Waals surface area contributed by atoms with Gasteiger partial charge in [-0.25, -0.2) is 13.6 Å². The fourth-order valence-electron chi connectivity index (χ4n) is 4.83. The number of fused-ring (bicyclic) bond motifs is 1. The topological polar surface area (TPSA) is 56.0 Å². The third-order valence-electron chi connectivity index (χ3n) is 7.17. The molecule has 0 spiro atoms. The first-order valence-electron chi connectivity index (χ1n) is 13.2. The number of ether oxygens (including phenoxy) is 2. The quantitative estimate of drug-likeness (QED) is 0.215. The average molecular weight is 542 g/mol. The second-order valence-electron chi connectivity index (χ2n) is 10.2. The molecule has 1 fully saturated rings. The predicted octanol–water partition coefficient (Wildman–Crippen LogP) is 6.93. The Morgan fingerprint density at radius 3 is 2.52 bits per heavy atom. The average Bonchev–Trinajstić information content (AvgIpc) is 2.95. The van der Waals surface area contributed by atoms with Gasteiger partial charge in [-0.2, -0.15) is 0 Å². The maximum absolute atomic E-state index is 14.9. The molecule has 204 valence electrons. The summed E-state index contributed by atoms with van der Waals surface area (Å²) in [4.78, 5) is 22.8. The van der Waals surface area contributed by atoms with Gasteiger partial charge in [-0.3, -0.25) is 9.78 Å². The second kappa shape index (κ2) is 12.2. The number of rotatable bonds is 9. The van der Waals surface area contributed by atoms with Crippen LogP contribution in [-0.2, 0) is 17.6 Å². The van der Waals surface area contributed by atoms with Crippen molar-refractivity contribution < 1.29 is 23.0 Å². The van der Waals surface area contributed by atoms with Crippen LogP contribution in [0.15, 0.2) is 66.9 Å². The van der Waals surface area contributed by atoms with E-state index in [0.717, 1.165) is 25.9 Å². The normalized spacial score (nSPS) is 14.2. The highest BCUT2D eigenvalue weighted by Crippen LogP contribution is 2.38. The molecule has 0 bridgehead atoms. The van der Waals surface area contributed by atoms with Crippen molar-refractivity contribution in [1.29, 1.82) is 0 Å². The maximum Gasteiger partial charge on any atom is 0.229 e. The largest absolute Gasteiger partial charge is 0.504 e. The van der Waals surface area contributed by atoms with E-state index in [-0.39, 0.29) is 35.8 Å². The van der Waals surface area contributed by atoms with E-state index in [0.29, 0.717) is 46.2 Å². The second-order valence-corrected chi connectivity index (χ2v) is 10.2. The summed E-state index contributed by atoms with van der Waals surface area (Å²) in [6, 6.07) is 15.1. The summed E-state index contributed by atoms with van der Waals surface area (Å²) < 4.78 is 40.1. The van der Waals surface area contributed by atoms with E-state index in [9.17, 15) is 13.6 Å². The summed E-state index contributed by atoms with van der Waals surface area (Å²) >= 11 is 0. The maximum atomic E-state index is 14.9. The lowest BCUT2D eigenvalue weighted by molar-refractivity contribution is -0.117. The molecule has 4 aromatic rings. The molecule has 5 rings (SSSR count). The smallest absolute Gasteiger partial charge is 0.229 e. The highest BCUT2D eigenvalue weighted by molar-refractivity contribution is 5.91. The number of ketones is 1. The van der Waals surface area contributed by atoms with Crippen molar-refractivity contribution in [1.82, 2.24) is 9.88 Å². The minimum Gasteiger partial charge on any atom is -0.504 e. The molecule has 0 saturated carbocycles.